The highest BCUT2D eigenvalue weighted by Crippen LogP contribution is 2.08. The van der Waals surface area contributed by atoms with Gasteiger partial charge in [-0.1, -0.05) is 62.7 Å². The van der Waals surface area contributed by atoms with E-state index >= 15 is 0 Å². The van der Waals surface area contributed by atoms with Crippen LogP contribution in [-0.4, -0.2) is 29.0 Å². The van der Waals surface area contributed by atoms with Crippen LogP contribution in [0.5, 0.6) is 0 Å². The molecule has 0 bridgehead atoms. The molecule has 14 heavy (non-hydrogen) atoms. The highest BCUT2D eigenvalue weighted by atomic mass is 79.9. The molecular formula is C9H13Br2NOS. The molecule has 0 aromatic rings. The highest BCUT2D eigenvalue weighted by Gasteiger charge is 2.09. The van der Waals surface area contributed by atoms with E-state index in [0.717, 1.165) is 5.75 Å². The Hall–Kier alpha value is 0.260. The highest BCUT2D eigenvalue weighted by molar-refractivity contribution is 9.11. The number of nitrogens with zero attached hydrogens (tertiary/aromatic N) is 1. The largest absolute Gasteiger partial charge is 0.326 e. The lowest BCUT2D eigenvalue weighted by Crippen LogP contribution is -2.28. The number of hydrogen-bond donors (Lipinski definition) is 0. The van der Waals surface area contributed by atoms with Gasteiger partial charge in [0.2, 0.25) is 0 Å². The number of halogens is 2. The lowest BCUT2D eigenvalue weighted by Gasteiger charge is -2.17. The predicted molar refractivity (Wildman–Crippen MR) is 71.2 cm³/mol. The first-order valence-electron chi connectivity index (χ1n) is 4.18. The van der Waals surface area contributed by atoms with Crippen molar-refractivity contribution in [2.45, 2.75) is 6.92 Å². The maximum atomic E-state index is 11.5. The monoisotopic (exact) mass is 341 g/mol. The number of carbonyl (C=O) groups excluding carboxylic acids is 1. The molecule has 2 nitrogen and oxygen atoms in total. The summed E-state index contributed by atoms with van der Waals surface area (Å²) >= 11 is 7.69. The van der Waals surface area contributed by atoms with E-state index in [1.54, 1.807) is 14.9 Å². The molecule has 0 fully saturated rings. The van der Waals surface area contributed by atoms with Crippen LogP contribution in [0.25, 0.3) is 0 Å². The van der Waals surface area contributed by atoms with Gasteiger partial charge in [-0.3, -0.25) is 4.79 Å². The van der Waals surface area contributed by atoms with Crippen LogP contribution in [-0.2, 0) is 0 Å². The fourth-order valence-corrected chi connectivity index (χ4v) is 1.69. The van der Waals surface area contributed by atoms with E-state index in [-0.39, 0.29) is 5.24 Å². The van der Waals surface area contributed by atoms with E-state index in [1.807, 2.05) is 19.1 Å². The third-order valence-corrected chi connectivity index (χ3v) is 2.90. The molecule has 80 valence electrons. The molecule has 0 heterocycles. The fourth-order valence-electron chi connectivity index (χ4n) is 0.773. The molecular weight excluding hydrogens is 330 g/mol. The summed E-state index contributed by atoms with van der Waals surface area (Å²) in [6.45, 7) is 3.24. The van der Waals surface area contributed by atoms with Crippen LogP contribution in [0.4, 0.5) is 4.79 Å². The van der Waals surface area contributed by atoms with Crippen molar-refractivity contribution in [1.82, 2.24) is 4.90 Å². The standard InChI is InChI=1S/C9H13Br2NOS/c1-2-14-9(13)12(7-3-5-10)8-4-6-11/h3-6H,2,7-8H2,1H3. The quantitative estimate of drug-likeness (QED) is 0.753. The van der Waals surface area contributed by atoms with Crippen LogP contribution >= 0.6 is 43.6 Å². The van der Waals surface area contributed by atoms with Gasteiger partial charge in [-0.25, -0.2) is 0 Å². The van der Waals surface area contributed by atoms with Gasteiger partial charge < -0.3 is 4.90 Å². The third-order valence-electron chi connectivity index (χ3n) is 1.36. The summed E-state index contributed by atoms with van der Waals surface area (Å²) in [6, 6.07) is 0. The minimum Gasteiger partial charge on any atom is -0.326 e. The molecule has 0 aromatic heterocycles. The van der Waals surface area contributed by atoms with Gasteiger partial charge in [-0.05, 0) is 15.7 Å². The minimum absolute atomic E-state index is 0.115. The van der Waals surface area contributed by atoms with E-state index < -0.39 is 0 Å². The molecule has 0 saturated carbocycles. The smallest absolute Gasteiger partial charge is 0.282 e. The van der Waals surface area contributed by atoms with E-state index in [4.69, 9.17) is 0 Å². The molecule has 0 unspecified atom stereocenters. The SMILES string of the molecule is CCSC(=O)N(CC=CBr)CC=CBr. The lowest BCUT2D eigenvalue weighted by atomic mass is 10.5. The fraction of sp³-hybridized carbons (Fsp3) is 0.444. The van der Waals surface area contributed by atoms with Crippen molar-refractivity contribution in [3.05, 3.63) is 22.1 Å². The number of rotatable bonds is 5. The first-order chi connectivity index (χ1) is 6.76. The van der Waals surface area contributed by atoms with Crippen LogP contribution in [0.15, 0.2) is 22.1 Å². The molecule has 0 aliphatic heterocycles. The molecule has 1 amide bonds. The average molecular weight is 343 g/mol. The molecule has 0 radical (unpaired) electrons. The Balaban J connectivity index is 4.14. The van der Waals surface area contributed by atoms with Crippen molar-refractivity contribution >= 4 is 48.9 Å². The number of thioether (sulfide) groups is 1. The van der Waals surface area contributed by atoms with Crippen molar-refractivity contribution < 1.29 is 4.79 Å². The summed E-state index contributed by atoms with van der Waals surface area (Å²) in [6.07, 6.45) is 3.80. The summed E-state index contributed by atoms with van der Waals surface area (Å²) in [7, 11) is 0. The Kier molecular flexibility index (Phi) is 9.98. The van der Waals surface area contributed by atoms with Crippen LogP contribution in [0.2, 0.25) is 0 Å². The van der Waals surface area contributed by atoms with E-state index in [9.17, 15) is 4.79 Å². The minimum atomic E-state index is 0.115. The predicted octanol–water partition coefficient (Wildman–Crippen LogP) is 3.98. The maximum absolute atomic E-state index is 11.5. The van der Waals surface area contributed by atoms with E-state index in [1.165, 1.54) is 11.8 Å². The maximum Gasteiger partial charge on any atom is 0.282 e. The Morgan fingerprint density at radius 3 is 2.14 bits per heavy atom. The van der Waals surface area contributed by atoms with Gasteiger partial charge in [-0.2, -0.15) is 0 Å². The van der Waals surface area contributed by atoms with Crippen molar-refractivity contribution in [3.63, 3.8) is 0 Å². The van der Waals surface area contributed by atoms with Crippen molar-refractivity contribution in [2.75, 3.05) is 18.8 Å². The zero-order valence-corrected chi connectivity index (χ0v) is 11.9. The molecule has 0 saturated heterocycles. The zero-order valence-electron chi connectivity index (χ0n) is 7.95. The van der Waals surface area contributed by atoms with Crippen LogP contribution in [0.3, 0.4) is 0 Å². The van der Waals surface area contributed by atoms with E-state index in [0.29, 0.717) is 13.1 Å². The van der Waals surface area contributed by atoms with Gasteiger partial charge in [-0.15, -0.1) is 0 Å². The summed E-state index contributed by atoms with van der Waals surface area (Å²) in [5.41, 5.74) is 0. The van der Waals surface area contributed by atoms with Crippen molar-refractivity contribution in [3.8, 4) is 0 Å². The summed E-state index contributed by atoms with van der Waals surface area (Å²) in [5.74, 6) is 0.811. The number of carbonyl (C=O) groups is 1. The summed E-state index contributed by atoms with van der Waals surface area (Å²) in [4.78, 5) is 16.8. The number of hydrogen-bond acceptors (Lipinski definition) is 2. The van der Waals surface area contributed by atoms with Gasteiger partial charge in [0.25, 0.3) is 5.24 Å². The second-order valence-electron chi connectivity index (χ2n) is 2.33. The third kappa shape index (κ3) is 6.68. The van der Waals surface area contributed by atoms with Gasteiger partial charge >= 0.3 is 0 Å². The number of amides is 1. The van der Waals surface area contributed by atoms with Gasteiger partial charge in [0.1, 0.15) is 0 Å². The summed E-state index contributed by atoms with van der Waals surface area (Å²) < 4.78 is 0. The molecule has 0 aliphatic rings. The van der Waals surface area contributed by atoms with Gasteiger partial charge in [0.15, 0.2) is 0 Å². The molecule has 0 aliphatic carbocycles. The van der Waals surface area contributed by atoms with Crippen molar-refractivity contribution in [2.24, 2.45) is 0 Å². The zero-order chi connectivity index (χ0) is 10.8. The Bertz CT molecular complexity index is 205. The molecule has 0 N–H and O–H groups in total. The Morgan fingerprint density at radius 2 is 1.79 bits per heavy atom. The normalized spacial score (nSPS) is 11.4. The first kappa shape index (κ1) is 14.3. The van der Waals surface area contributed by atoms with Gasteiger partial charge in [0.05, 0.1) is 0 Å². The van der Waals surface area contributed by atoms with Crippen molar-refractivity contribution in [1.29, 1.82) is 0 Å². The topological polar surface area (TPSA) is 20.3 Å². The average Bonchev–Trinajstić information content (AvgIpc) is 2.18. The molecule has 0 aromatic carbocycles. The Labute approximate surface area is 106 Å². The second-order valence-corrected chi connectivity index (χ2v) is 4.60. The first-order valence-corrected chi connectivity index (χ1v) is 7.00. The van der Waals surface area contributed by atoms with Crippen LogP contribution < -0.4 is 0 Å². The second kappa shape index (κ2) is 9.80. The molecule has 5 heteroatoms. The van der Waals surface area contributed by atoms with Crippen LogP contribution in [0.1, 0.15) is 6.92 Å². The Morgan fingerprint density at radius 1 is 1.29 bits per heavy atom. The molecule has 0 atom stereocenters. The lowest BCUT2D eigenvalue weighted by molar-refractivity contribution is 0.233. The summed E-state index contributed by atoms with van der Waals surface area (Å²) in [5, 5.41) is 0.115. The van der Waals surface area contributed by atoms with E-state index in [2.05, 4.69) is 31.9 Å². The van der Waals surface area contributed by atoms with Gasteiger partial charge in [0, 0.05) is 13.1 Å². The molecule has 0 rings (SSSR count). The molecule has 0 spiro atoms. The van der Waals surface area contributed by atoms with Crippen LogP contribution in [0, 0.1) is 0 Å².